The normalized spacial score (nSPS) is 14.2. The molecule has 4 rings (SSSR count). The van der Waals surface area contributed by atoms with Gasteiger partial charge >= 0.3 is 6.09 Å². The summed E-state index contributed by atoms with van der Waals surface area (Å²) >= 11 is 6.13. The van der Waals surface area contributed by atoms with Crippen molar-refractivity contribution in [3.63, 3.8) is 0 Å². The second kappa shape index (κ2) is 9.21. The number of carbonyl (C=O) groups excluding carboxylic acids is 2. The number of methoxy groups -OCH3 is 1. The average Bonchev–Trinajstić information content (AvgIpc) is 3.12. The second-order valence-corrected chi connectivity index (χ2v) is 8.95. The molecular weight excluding hydrogens is 452 g/mol. The van der Waals surface area contributed by atoms with Crippen LogP contribution in [0.25, 0.3) is 11.3 Å². The number of ether oxygens (including phenoxy) is 1. The van der Waals surface area contributed by atoms with E-state index in [0.717, 1.165) is 22.4 Å². The summed E-state index contributed by atoms with van der Waals surface area (Å²) in [5.74, 6) is -0.240. The Balaban J connectivity index is 1.79. The third kappa shape index (κ3) is 4.90. The maximum absolute atomic E-state index is 13.0. The molecule has 3 aromatic carbocycles. The molecule has 0 saturated carbocycles. The highest BCUT2D eigenvalue weighted by molar-refractivity contribution is 6.38. The average molecular weight is 477 g/mol. The number of fused-ring (bicyclic) bond motifs is 1. The zero-order valence-corrected chi connectivity index (χ0v) is 19.8. The molecule has 1 heterocycles. The van der Waals surface area contributed by atoms with E-state index in [-0.39, 0.29) is 5.91 Å². The molecule has 1 aliphatic heterocycles. The maximum Gasteiger partial charge on any atom is 0.411 e. The SMILES string of the molecule is COC(=O)Nc1ccc(/C(Nc2ccc(C(C)(C)N)cc2)=C2/C(=O)Nc3cc(Cl)ccc32)cc1. The van der Waals surface area contributed by atoms with Gasteiger partial charge < -0.3 is 21.1 Å². The largest absolute Gasteiger partial charge is 0.453 e. The minimum absolute atomic E-state index is 0.240. The van der Waals surface area contributed by atoms with Gasteiger partial charge in [-0.05, 0) is 61.4 Å². The van der Waals surface area contributed by atoms with Gasteiger partial charge in [-0.2, -0.15) is 0 Å². The van der Waals surface area contributed by atoms with Crippen LogP contribution >= 0.6 is 11.6 Å². The van der Waals surface area contributed by atoms with Crippen molar-refractivity contribution in [1.82, 2.24) is 0 Å². The van der Waals surface area contributed by atoms with E-state index in [9.17, 15) is 9.59 Å². The third-order valence-corrected chi connectivity index (χ3v) is 5.71. The highest BCUT2D eigenvalue weighted by Gasteiger charge is 2.28. The zero-order chi connectivity index (χ0) is 24.5. The first-order chi connectivity index (χ1) is 16.2. The summed E-state index contributed by atoms with van der Waals surface area (Å²) in [6, 6.07) is 20.2. The Morgan fingerprint density at radius 2 is 1.59 bits per heavy atom. The van der Waals surface area contributed by atoms with E-state index in [2.05, 4.69) is 20.7 Å². The first-order valence-corrected chi connectivity index (χ1v) is 11.0. The number of nitrogens with two attached hydrogens (primary N) is 1. The first kappa shape index (κ1) is 23.4. The minimum Gasteiger partial charge on any atom is -0.453 e. The molecule has 0 aromatic heterocycles. The molecule has 2 amide bonds. The lowest BCUT2D eigenvalue weighted by atomic mass is 9.95. The molecule has 8 heteroatoms. The molecule has 7 nitrogen and oxygen atoms in total. The molecule has 1 aliphatic rings. The van der Waals surface area contributed by atoms with Gasteiger partial charge in [-0.3, -0.25) is 10.1 Å². The van der Waals surface area contributed by atoms with Gasteiger partial charge in [0.05, 0.1) is 24.1 Å². The predicted molar refractivity (Wildman–Crippen MR) is 137 cm³/mol. The van der Waals surface area contributed by atoms with Gasteiger partial charge in [0, 0.05) is 27.5 Å². The third-order valence-electron chi connectivity index (χ3n) is 5.48. The number of nitrogens with one attached hydrogen (secondary N) is 3. The summed E-state index contributed by atoms with van der Waals surface area (Å²) < 4.78 is 4.64. The van der Waals surface area contributed by atoms with Gasteiger partial charge in [0.25, 0.3) is 5.91 Å². The van der Waals surface area contributed by atoms with Crippen LogP contribution in [0, 0.1) is 0 Å². The molecule has 0 bridgehead atoms. The van der Waals surface area contributed by atoms with Gasteiger partial charge in [0.1, 0.15) is 0 Å². The van der Waals surface area contributed by atoms with Crippen LogP contribution in [0.1, 0.15) is 30.5 Å². The summed E-state index contributed by atoms with van der Waals surface area (Å²) in [5.41, 5.74) is 11.3. The van der Waals surface area contributed by atoms with Crippen molar-refractivity contribution in [3.8, 4) is 0 Å². The van der Waals surface area contributed by atoms with E-state index in [1.54, 1.807) is 24.3 Å². The Morgan fingerprint density at radius 3 is 2.21 bits per heavy atom. The number of halogens is 1. The number of hydrogen-bond acceptors (Lipinski definition) is 5. The van der Waals surface area contributed by atoms with E-state index in [4.69, 9.17) is 17.3 Å². The fourth-order valence-corrected chi connectivity index (χ4v) is 3.86. The van der Waals surface area contributed by atoms with Gasteiger partial charge in [-0.15, -0.1) is 0 Å². The number of hydrogen-bond donors (Lipinski definition) is 4. The molecule has 0 aliphatic carbocycles. The van der Waals surface area contributed by atoms with Gasteiger partial charge in [-0.25, -0.2) is 4.79 Å². The first-order valence-electron chi connectivity index (χ1n) is 10.6. The number of amides is 2. The summed E-state index contributed by atoms with van der Waals surface area (Å²) in [7, 11) is 1.30. The van der Waals surface area contributed by atoms with Crippen LogP contribution in [0.15, 0.2) is 66.7 Å². The molecule has 5 N–H and O–H groups in total. The molecule has 0 fully saturated rings. The topological polar surface area (TPSA) is 105 Å². The molecule has 0 atom stereocenters. The summed E-state index contributed by atoms with van der Waals surface area (Å²) in [4.78, 5) is 24.6. The van der Waals surface area contributed by atoms with E-state index in [1.807, 2.05) is 56.3 Å². The molecule has 0 unspecified atom stereocenters. The standard InChI is InChI=1S/C26H25ClN4O3/c1-26(2,28)16-6-11-18(12-7-16)29-23(15-4-9-19(10-5-15)30-25(33)34-3)22-20-13-8-17(27)14-21(20)31-24(22)32/h4-14,29H,28H2,1-3H3,(H,30,33)(H,31,32)/b23-22-. The Morgan fingerprint density at radius 1 is 0.971 bits per heavy atom. The molecule has 0 radical (unpaired) electrons. The van der Waals surface area contributed by atoms with Crippen molar-refractivity contribution >= 4 is 51.9 Å². The van der Waals surface area contributed by atoms with Gasteiger partial charge in [0.2, 0.25) is 0 Å². The fourth-order valence-electron chi connectivity index (χ4n) is 3.69. The van der Waals surface area contributed by atoms with E-state index >= 15 is 0 Å². The molecule has 0 spiro atoms. The molecule has 174 valence electrons. The Labute approximate surface area is 202 Å². The predicted octanol–water partition coefficient (Wildman–Crippen LogP) is 5.64. The number of rotatable bonds is 5. The van der Waals surface area contributed by atoms with Crippen LogP contribution < -0.4 is 21.7 Å². The quantitative estimate of drug-likeness (QED) is 0.356. The van der Waals surface area contributed by atoms with E-state index in [0.29, 0.717) is 27.7 Å². The van der Waals surface area contributed by atoms with Crippen LogP contribution in [0.3, 0.4) is 0 Å². The van der Waals surface area contributed by atoms with Crippen molar-refractivity contribution in [2.24, 2.45) is 5.73 Å². The van der Waals surface area contributed by atoms with Crippen molar-refractivity contribution in [2.45, 2.75) is 19.4 Å². The van der Waals surface area contributed by atoms with Crippen LogP contribution in [0.5, 0.6) is 0 Å². The van der Waals surface area contributed by atoms with Crippen molar-refractivity contribution in [1.29, 1.82) is 0 Å². The number of anilines is 3. The lowest BCUT2D eigenvalue weighted by Gasteiger charge is -2.20. The lowest BCUT2D eigenvalue weighted by Crippen LogP contribution is -2.28. The zero-order valence-electron chi connectivity index (χ0n) is 19.0. The van der Waals surface area contributed by atoms with E-state index < -0.39 is 11.6 Å². The Hall–Kier alpha value is -3.81. The van der Waals surface area contributed by atoms with Gasteiger partial charge in [0.15, 0.2) is 0 Å². The lowest BCUT2D eigenvalue weighted by molar-refractivity contribution is -0.110. The number of carbonyl (C=O) groups is 2. The molecule has 0 saturated heterocycles. The van der Waals surface area contributed by atoms with E-state index in [1.165, 1.54) is 7.11 Å². The molecular formula is C26H25ClN4O3. The molecule has 34 heavy (non-hydrogen) atoms. The highest BCUT2D eigenvalue weighted by atomic mass is 35.5. The van der Waals surface area contributed by atoms with Crippen molar-refractivity contribution < 1.29 is 14.3 Å². The fraction of sp³-hybridized carbons (Fsp3) is 0.154. The summed E-state index contributed by atoms with van der Waals surface area (Å²) in [6.45, 7) is 3.88. The number of benzene rings is 3. The monoisotopic (exact) mass is 476 g/mol. The smallest absolute Gasteiger partial charge is 0.411 e. The Bertz CT molecular complexity index is 1280. The van der Waals surface area contributed by atoms with Gasteiger partial charge in [-0.1, -0.05) is 41.9 Å². The van der Waals surface area contributed by atoms with Crippen molar-refractivity contribution in [3.05, 3.63) is 88.4 Å². The second-order valence-electron chi connectivity index (χ2n) is 8.51. The van der Waals surface area contributed by atoms with Crippen LogP contribution in [-0.2, 0) is 15.1 Å². The molecule has 3 aromatic rings. The minimum atomic E-state index is -0.562. The van der Waals surface area contributed by atoms with Crippen molar-refractivity contribution in [2.75, 3.05) is 23.1 Å². The maximum atomic E-state index is 13.0. The van der Waals surface area contributed by atoms with Crippen LogP contribution in [0.2, 0.25) is 5.02 Å². The highest BCUT2D eigenvalue weighted by Crippen LogP contribution is 2.39. The van der Waals surface area contributed by atoms with Crippen LogP contribution in [0.4, 0.5) is 21.9 Å². The van der Waals surface area contributed by atoms with Crippen LogP contribution in [-0.4, -0.2) is 19.1 Å². The Kier molecular flexibility index (Phi) is 6.32. The summed E-state index contributed by atoms with van der Waals surface area (Å²) in [6.07, 6.45) is -0.562. The summed E-state index contributed by atoms with van der Waals surface area (Å²) in [5, 5.41) is 9.45.